The van der Waals surface area contributed by atoms with Crippen LogP contribution in [-0.4, -0.2) is 31.8 Å². The number of aromatic nitrogens is 3. The van der Waals surface area contributed by atoms with Crippen LogP contribution in [0, 0.1) is 10.1 Å². The quantitative estimate of drug-likeness (QED) is 0.489. The summed E-state index contributed by atoms with van der Waals surface area (Å²) < 4.78 is 7.27. The van der Waals surface area contributed by atoms with Crippen molar-refractivity contribution in [2.75, 3.05) is 5.32 Å². The number of fused-ring (bicyclic) bond motifs is 1. The molecule has 2 heterocycles. The molecule has 1 atom stereocenters. The van der Waals surface area contributed by atoms with Crippen LogP contribution in [0.3, 0.4) is 0 Å². The molecule has 1 fully saturated rings. The predicted molar refractivity (Wildman–Crippen MR) is 101 cm³/mol. The van der Waals surface area contributed by atoms with Crippen molar-refractivity contribution in [1.29, 1.82) is 0 Å². The van der Waals surface area contributed by atoms with Gasteiger partial charge in [0.15, 0.2) is 0 Å². The van der Waals surface area contributed by atoms with Gasteiger partial charge in [0.2, 0.25) is 5.95 Å². The van der Waals surface area contributed by atoms with Crippen LogP contribution in [-0.2, 0) is 9.53 Å². The zero-order chi connectivity index (χ0) is 19.7. The Hall–Kier alpha value is -3.23. The lowest BCUT2D eigenvalue weighted by Gasteiger charge is -2.29. The first-order valence-electron chi connectivity index (χ1n) is 9.38. The molecule has 9 nitrogen and oxygen atoms in total. The standard InChI is InChI=1S/C19H21N5O4/c1-12-16(18(25)28-13-7-3-2-4-8-13)17(23-19(22-12)20-11-21-23)14-9-5-6-10-15(14)24(26)27/h5-6,9-11,13,17H,2-4,7-8H2,1H3,(H,20,21,22). The van der Waals surface area contributed by atoms with Crippen LogP contribution in [0.5, 0.6) is 0 Å². The molecule has 0 bridgehead atoms. The number of carbonyl (C=O) groups excluding carboxylic acids is 1. The van der Waals surface area contributed by atoms with Crippen molar-refractivity contribution in [2.24, 2.45) is 0 Å². The molecule has 1 aromatic heterocycles. The maximum Gasteiger partial charge on any atom is 0.338 e. The molecule has 1 aliphatic heterocycles. The smallest absolute Gasteiger partial charge is 0.338 e. The number of esters is 1. The fraction of sp³-hybridized carbons (Fsp3) is 0.421. The number of nitro benzene ring substituents is 1. The first-order chi connectivity index (χ1) is 13.6. The maximum atomic E-state index is 13.1. The molecule has 1 aromatic carbocycles. The summed E-state index contributed by atoms with van der Waals surface area (Å²) in [6, 6.07) is 5.59. The van der Waals surface area contributed by atoms with Crippen LogP contribution in [0.2, 0.25) is 0 Å². The molecule has 1 N–H and O–H groups in total. The zero-order valence-electron chi connectivity index (χ0n) is 15.5. The first-order valence-corrected chi connectivity index (χ1v) is 9.38. The summed E-state index contributed by atoms with van der Waals surface area (Å²) in [6.45, 7) is 1.75. The van der Waals surface area contributed by atoms with Crippen molar-refractivity contribution in [1.82, 2.24) is 14.8 Å². The Morgan fingerprint density at radius 1 is 1.29 bits per heavy atom. The lowest BCUT2D eigenvalue weighted by molar-refractivity contribution is -0.385. The third-order valence-corrected chi connectivity index (χ3v) is 5.27. The molecule has 0 radical (unpaired) electrons. The first kappa shape index (κ1) is 18.1. The highest BCUT2D eigenvalue weighted by Crippen LogP contribution is 2.39. The molecule has 1 unspecified atom stereocenters. The number of hydrogen-bond acceptors (Lipinski definition) is 7. The second-order valence-electron chi connectivity index (χ2n) is 7.08. The minimum atomic E-state index is -0.781. The number of ether oxygens (including phenoxy) is 1. The number of benzene rings is 1. The number of anilines is 1. The van der Waals surface area contributed by atoms with Gasteiger partial charge < -0.3 is 10.1 Å². The van der Waals surface area contributed by atoms with E-state index in [9.17, 15) is 14.9 Å². The number of hydrogen-bond donors (Lipinski definition) is 1. The fourth-order valence-corrected chi connectivity index (χ4v) is 3.93. The van der Waals surface area contributed by atoms with Crippen LogP contribution in [0.25, 0.3) is 0 Å². The molecular weight excluding hydrogens is 362 g/mol. The van der Waals surface area contributed by atoms with Crippen LogP contribution < -0.4 is 5.32 Å². The van der Waals surface area contributed by atoms with Crippen molar-refractivity contribution < 1.29 is 14.5 Å². The lowest BCUT2D eigenvalue weighted by Crippen LogP contribution is -2.32. The number of nitro groups is 1. The minimum Gasteiger partial charge on any atom is -0.459 e. The topological polar surface area (TPSA) is 112 Å². The normalized spacial score (nSPS) is 19.7. The highest BCUT2D eigenvalue weighted by atomic mass is 16.6. The maximum absolute atomic E-state index is 13.1. The minimum absolute atomic E-state index is 0.0772. The van der Waals surface area contributed by atoms with Crippen LogP contribution >= 0.6 is 0 Å². The van der Waals surface area contributed by atoms with E-state index in [2.05, 4.69) is 15.4 Å². The summed E-state index contributed by atoms with van der Waals surface area (Å²) in [7, 11) is 0. The lowest BCUT2D eigenvalue weighted by atomic mass is 9.94. The van der Waals surface area contributed by atoms with Crippen LogP contribution in [0.4, 0.5) is 11.6 Å². The molecule has 2 aromatic rings. The number of nitrogens with one attached hydrogen (secondary N) is 1. The van der Waals surface area contributed by atoms with Gasteiger partial charge in [-0.15, -0.1) is 0 Å². The van der Waals surface area contributed by atoms with Gasteiger partial charge >= 0.3 is 5.97 Å². The van der Waals surface area contributed by atoms with E-state index >= 15 is 0 Å². The van der Waals surface area contributed by atoms with E-state index in [1.165, 1.54) is 17.1 Å². The average molecular weight is 383 g/mol. The molecule has 2 aliphatic rings. The summed E-state index contributed by atoms with van der Waals surface area (Å²) in [5, 5.41) is 18.9. The monoisotopic (exact) mass is 383 g/mol. The fourth-order valence-electron chi connectivity index (χ4n) is 3.93. The van der Waals surface area contributed by atoms with E-state index < -0.39 is 16.9 Å². The summed E-state index contributed by atoms with van der Waals surface area (Å²) in [6.07, 6.45) is 6.15. The Morgan fingerprint density at radius 2 is 2.04 bits per heavy atom. The van der Waals surface area contributed by atoms with Crippen molar-refractivity contribution in [3.8, 4) is 0 Å². The molecule has 1 aliphatic carbocycles. The predicted octanol–water partition coefficient (Wildman–Crippen LogP) is 3.35. The van der Waals surface area contributed by atoms with E-state index in [1.54, 1.807) is 25.1 Å². The summed E-state index contributed by atoms with van der Waals surface area (Å²) >= 11 is 0. The Balaban J connectivity index is 1.77. The zero-order valence-corrected chi connectivity index (χ0v) is 15.5. The van der Waals surface area contributed by atoms with E-state index in [1.807, 2.05) is 0 Å². The van der Waals surface area contributed by atoms with Crippen molar-refractivity contribution in [3.05, 3.63) is 57.5 Å². The van der Waals surface area contributed by atoms with Gasteiger partial charge in [-0.1, -0.05) is 18.6 Å². The Kier molecular flexibility index (Phi) is 4.81. The van der Waals surface area contributed by atoms with Gasteiger partial charge in [-0.3, -0.25) is 10.1 Å². The Bertz CT molecular complexity index is 945. The Labute approximate surface area is 161 Å². The molecule has 0 spiro atoms. The molecule has 0 amide bonds. The SMILES string of the molecule is CC1=C(C(=O)OC2CCCCC2)C(c2ccccc2[N+](=O)[O-])n2ncnc2N1. The highest BCUT2D eigenvalue weighted by Gasteiger charge is 2.38. The van der Waals surface area contributed by atoms with Crippen LogP contribution in [0.15, 0.2) is 41.9 Å². The number of carbonyl (C=O) groups is 1. The van der Waals surface area contributed by atoms with Crippen molar-refractivity contribution in [3.63, 3.8) is 0 Å². The third-order valence-electron chi connectivity index (χ3n) is 5.27. The van der Waals surface area contributed by atoms with E-state index in [4.69, 9.17) is 4.74 Å². The largest absolute Gasteiger partial charge is 0.459 e. The van der Waals surface area contributed by atoms with Gasteiger partial charge in [0, 0.05) is 11.8 Å². The molecule has 9 heteroatoms. The van der Waals surface area contributed by atoms with Crippen LogP contribution in [0.1, 0.15) is 50.6 Å². The van der Waals surface area contributed by atoms with Gasteiger partial charge in [0.05, 0.1) is 16.1 Å². The molecule has 1 saturated carbocycles. The number of rotatable bonds is 4. The number of nitrogens with zero attached hydrogens (tertiary/aromatic N) is 4. The van der Waals surface area contributed by atoms with E-state index in [0.29, 0.717) is 22.8 Å². The van der Waals surface area contributed by atoms with Gasteiger partial charge in [0.1, 0.15) is 18.5 Å². The van der Waals surface area contributed by atoms with Gasteiger partial charge in [-0.2, -0.15) is 10.1 Å². The molecule has 28 heavy (non-hydrogen) atoms. The van der Waals surface area contributed by atoms with E-state index in [-0.39, 0.29) is 11.8 Å². The second-order valence-corrected chi connectivity index (χ2v) is 7.08. The molecular formula is C19H21N5O4. The molecule has 4 rings (SSSR count). The number of para-hydroxylation sites is 1. The molecule has 146 valence electrons. The summed E-state index contributed by atoms with van der Waals surface area (Å²) in [5.41, 5.74) is 1.17. The molecule has 0 saturated heterocycles. The van der Waals surface area contributed by atoms with E-state index in [0.717, 1.165) is 32.1 Å². The Morgan fingerprint density at radius 3 is 2.79 bits per heavy atom. The number of allylic oxidation sites excluding steroid dienone is 1. The average Bonchev–Trinajstić information content (AvgIpc) is 3.15. The highest BCUT2D eigenvalue weighted by molar-refractivity contribution is 5.92. The summed E-state index contributed by atoms with van der Waals surface area (Å²) in [5.74, 6) is -0.0453. The third kappa shape index (κ3) is 3.23. The van der Waals surface area contributed by atoms with Crippen molar-refractivity contribution >= 4 is 17.6 Å². The second kappa shape index (κ2) is 7.41. The van der Waals surface area contributed by atoms with Gasteiger partial charge in [-0.25, -0.2) is 9.48 Å². The van der Waals surface area contributed by atoms with Gasteiger partial charge in [0.25, 0.3) is 5.69 Å². The van der Waals surface area contributed by atoms with Crippen molar-refractivity contribution in [2.45, 2.75) is 51.2 Å². The summed E-state index contributed by atoms with van der Waals surface area (Å²) in [4.78, 5) is 28.4. The van der Waals surface area contributed by atoms with Gasteiger partial charge in [-0.05, 0) is 38.7 Å².